The van der Waals surface area contributed by atoms with Crippen molar-refractivity contribution >= 4 is 43.6 Å². The minimum absolute atomic E-state index is 0.116. The molecule has 5 aromatic carbocycles. The van der Waals surface area contributed by atoms with Crippen molar-refractivity contribution in [2.75, 3.05) is 0 Å². The number of nitrogens with zero attached hydrogens (tertiary/aromatic N) is 3. The third-order valence-electron chi connectivity index (χ3n) is 8.30. The molecule has 0 saturated carbocycles. The Bertz CT molecular complexity index is 2030. The van der Waals surface area contributed by atoms with Gasteiger partial charge in [-0.3, -0.25) is 4.57 Å². The van der Waals surface area contributed by atoms with Crippen molar-refractivity contribution < 1.29 is 0 Å². The molecule has 0 amide bonds. The fourth-order valence-electron chi connectivity index (χ4n) is 6.68. The molecular formula is C33H25N3. The van der Waals surface area contributed by atoms with Crippen LogP contribution in [0.1, 0.15) is 25.0 Å². The van der Waals surface area contributed by atoms with E-state index in [0.717, 1.165) is 17.0 Å². The summed E-state index contributed by atoms with van der Waals surface area (Å²) in [5, 5.41) is 5.24. The highest BCUT2D eigenvalue weighted by Gasteiger charge is 2.39. The summed E-state index contributed by atoms with van der Waals surface area (Å²) >= 11 is 0. The van der Waals surface area contributed by atoms with E-state index >= 15 is 0 Å². The molecule has 1 aliphatic rings. The first-order valence-electron chi connectivity index (χ1n) is 12.6. The molecule has 7 aromatic rings. The van der Waals surface area contributed by atoms with Crippen LogP contribution in [-0.4, -0.2) is 14.1 Å². The van der Waals surface area contributed by atoms with E-state index in [9.17, 15) is 0 Å². The van der Waals surface area contributed by atoms with Gasteiger partial charge in [0.1, 0.15) is 0 Å². The molecule has 172 valence electrons. The molecule has 0 aliphatic heterocycles. The van der Waals surface area contributed by atoms with E-state index in [1.54, 1.807) is 0 Å². The summed E-state index contributed by atoms with van der Waals surface area (Å²) in [6, 6.07) is 35.2. The van der Waals surface area contributed by atoms with Crippen LogP contribution in [0.15, 0.2) is 97.1 Å². The number of hydrogen-bond acceptors (Lipinski definition) is 1. The maximum Gasteiger partial charge on any atom is 0.215 e. The Morgan fingerprint density at radius 3 is 2.22 bits per heavy atom. The van der Waals surface area contributed by atoms with Gasteiger partial charge >= 0.3 is 0 Å². The van der Waals surface area contributed by atoms with E-state index in [1.165, 1.54) is 54.8 Å². The molecular weight excluding hydrogens is 438 g/mol. The number of rotatable bonds is 1. The van der Waals surface area contributed by atoms with E-state index in [4.69, 9.17) is 4.98 Å². The zero-order valence-corrected chi connectivity index (χ0v) is 20.6. The summed E-state index contributed by atoms with van der Waals surface area (Å²) in [6.07, 6.45) is 0. The van der Waals surface area contributed by atoms with Crippen molar-refractivity contribution in [1.29, 1.82) is 0 Å². The predicted octanol–water partition coefficient (Wildman–Crippen LogP) is 8.13. The first kappa shape index (κ1) is 19.9. The summed E-state index contributed by atoms with van der Waals surface area (Å²) in [6.45, 7) is 4.76. The van der Waals surface area contributed by atoms with Crippen LogP contribution < -0.4 is 0 Å². The Labute approximate surface area is 209 Å². The third-order valence-corrected chi connectivity index (χ3v) is 8.30. The first-order valence-corrected chi connectivity index (χ1v) is 12.6. The molecule has 0 spiro atoms. The van der Waals surface area contributed by atoms with Crippen molar-refractivity contribution in [2.45, 2.75) is 19.3 Å². The highest BCUT2D eigenvalue weighted by molar-refractivity contribution is 6.16. The van der Waals surface area contributed by atoms with Gasteiger partial charge in [-0.15, -0.1) is 0 Å². The predicted molar refractivity (Wildman–Crippen MR) is 150 cm³/mol. The quantitative estimate of drug-likeness (QED) is 0.241. The van der Waals surface area contributed by atoms with Crippen LogP contribution in [0.25, 0.3) is 60.7 Å². The van der Waals surface area contributed by atoms with E-state index in [1.807, 2.05) is 0 Å². The van der Waals surface area contributed by atoms with E-state index in [2.05, 4.69) is 127 Å². The van der Waals surface area contributed by atoms with Gasteiger partial charge in [0.2, 0.25) is 5.95 Å². The van der Waals surface area contributed by atoms with E-state index in [-0.39, 0.29) is 5.41 Å². The lowest BCUT2D eigenvalue weighted by Crippen LogP contribution is -2.15. The van der Waals surface area contributed by atoms with Crippen LogP contribution in [-0.2, 0) is 12.5 Å². The SMILES string of the molecule is Cn1c(-n2c3ccccc3c3c4c(ccc32)-c2c(ccc3ccccc23)C4(C)C)nc2ccccc21. The highest BCUT2D eigenvalue weighted by atomic mass is 15.2. The number of aryl methyl sites for hydroxylation is 1. The first-order chi connectivity index (χ1) is 17.6. The Hall–Kier alpha value is -4.37. The number of aromatic nitrogens is 3. The number of benzene rings is 5. The average molecular weight is 464 g/mol. The molecule has 0 radical (unpaired) electrons. The van der Waals surface area contributed by atoms with Gasteiger partial charge in [0.15, 0.2) is 0 Å². The zero-order valence-electron chi connectivity index (χ0n) is 20.6. The van der Waals surface area contributed by atoms with Gasteiger partial charge in [-0.05, 0) is 57.3 Å². The molecule has 2 heterocycles. The van der Waals surface area contributed by atoms with Crippen LogP contribution in [0, 0.1) is 0 Å². The molecule has 0 fully saturated rings. The third kappa shape index (κ3) is 2.31. The number of para-hydroxylation sites is 3. The van der Waals surface area contributed by atoms with Crippen molar-refractivity contribution in [1.82, 2.24) is 14.1 Å². The monoisotopic (exact) mass is 463 g/mol. The fourth-order valence-corrected chi connectivity index (χ4v) is 6.68. The minimum Gasteiger partial charge on any atom is -0.313 e. The van der Waals surface area contributed by atoms with E-state index in [0.29, 0.717) is 0 Å². The molecule has 0 atom stereocenters. The summed E-state index contributed by atoms with van der Waals surface area (Å²) in [5.74, 6) is 0.945. The van der Waals surface area contributed by atoms with Gasteiger partial charge in [-0.1, -0.05) is 86.6 Å². The molecule has 3 nitrogen and oxygen atoms in total. The van der Waals surface area contributed by atoms with Gasteiger partial charge in [0, 0.05) is 23.2 Å². The van der Waals surface area contributed by atoms with Gasteiger partial charge in [-0.2, -0.15) is 0 Å². The van der Waals surface area contributed by atoms with Gasteiger partial charge < -0.3 is 4.57 Å². The molecule has 1 aliphatic carbocycles. The Morgan fingerprint density at radius 1 is 0.667 bits per heavy atom. The summed E-state index contributed by atoms with van der Waals surface area (Å²) in [5.41, 5.74) is 10.00. The number of imidazole rings is 1. The topological polar surface area (TPSA) is 22.8 Å². The van der Waals surface area contributed by atoms with Crippen LogP contribution >= 0.6 is 0 Å². The number of hydrogen-bond donors (Lipinski definition) is 0. The molecule has 0 bridgehead atoms. The molecule has 0 saturated heterocycles. The summed E-state index contributed by atoms with van der Waals surface area (Å²) < 4.78 is 4.56. The summed E-state index contributed by atoms with van der Waals surface area (Å²) in [4.78, 5) is 5.09. The lowest BCUT2D eigenvalue weighted by atomic mass is 9.80. The number of fused-ring (bicyclic) bond motifs is 10. The molecule has 0 N–H and O–H groups in total. The molecule has 0 unspecified atom stereocenters. The molecule has 8 rings (SSSR count). The Morgan fingerprint density at radius 2 is 1.39 bits per heavy atom. The average Bonchev–Trinajstić information content (AvgIpc) is 3.49. The smallest absolute Gasteiger partial charge is 0.215 e. The van der Waals surface area contributed by atoms with Gasteiger partial charge in [0.05, 0.1) is 22.1 Å². The Balaban J connectivity index is 1.55. The van der Waals surface area contributed by atoms with Crippen molar-refractivity contribution in [3.05, 3.63) is 108 Å². The highest BCUT2D eigenvalue weighted by Crippen LogP contribution is 2.55. The zero-order chi connectivity index (χ0) is 24.2. The van der Waals surface area contributed by atoms with Crippen molar-refractivity contribution in [3.63, 3.8) is 0 Å². The van der Waals surface area contributed by atoms with Crippen molar-refractivity contribution in [3.8, 4) is 17.1 Å². The largest absolute Gasteiger partial charge is 0.313 e. The molecule has 36 heavy (non-hydrogen) atoms. The van der Waals surface area contributed by atoms with Gasteiger partial charge in [-0.25, -0.2) is 4.98 Å². The van der Waals surface area contributed by atoms with Crippen LogP contribution in [0.3, 0.4) is 0 Å². The lowest BCUT2D eigenvalue weighted by Gasteiger charge is -2.23. The lowest BCUT2D eigenvalue weighted by molar-refractivity contribution is 0.667. The maximum atomic E-state index is 5.09. The second-order valence-electron chi connectivity index (χ2n) is 10.5. The maximum absolute atomic E-state index is 5.09. The van der Waals surface area contributed by atoms with Crippen LogP contribution in [0.2, 0.25) is 0 Å². The van der Waals surface area contributed by atoms with Crippen molar-refractivity contribution in [2.24, 2.45) is 7.05 Å². The second-order valence-corrected chi connectivity index (χ2v) is 10.5. The van der Waals surface area contributed by atoms with Gasteiger partial charge in [0.25, 0.3) is 0 Å². The minimum atomic E-state index is -0.116. The Kier molecular flexibility index (Phi) is 3.67. The van der Waals surface area contributed by atoms with Crippen LogP contribution in [0.4, 0.5) is 0 Å². The molecule has 3 heteroatoms. The second kappa shape index (κ2) is 6.64. The summed E-state index contributed by atoms with van der Waals surface area (Å²) in [7, 11) is 2.12. The fraction of sp³-hybridized carbons (Fsp3) is 0.121. The standard InChI is InChI=1S/C33H25N3/c1-33(2)24-18-16-20-10-4-5-11-21(20)29(24)23-17-19-28-30(31(23)33)22-12-6-8-14-26(22)36(28)32-34-25-13-7-9-15-27(25)35(32)3/h4-19H,1-3H3. The van der Waals surface area contributed by atoms with E-state index < -0.39 is 0 Å². The normalized spacial score (nSPS) is 14.2. The molecule has 2 aromatic heterocycles. The van der Waals surface area contributed by atoms with Crippen LogP contribution in [0.5, 0.6) is 0 Å².